The minimum atomic E-state index is -1.06. The highest BCUT2D eigenvalue weighted by Gasteiger charge is 2.32. The predicted molar refractivity (Wildman–Crippen MR) is 105 cm³/mol. The number of nitrogens with one attached hydrogen (secondary N) is 2. The number of amides is 2. The second-order valence-corrected chi connectivity index (χ2v) is 6.67. The summed E-state index contributed by atoms with van der Waals surface area (Å²) in [6.07, 6.45) is -0.323. The Morgan fingerprint density at radius 3 is 2.59 bits per heavy atom. The lowest BCUT2D eigenvalue weighted by Crippen LogP contribution is -2.37. The highest BCUT2D eigenvalue weighted by molar-refractivity contribution is 6.01. The van der Waals surface area contributed by atoms with Gasteiger partial charge in [0.05, 0.1) is 32.6 Å². The van der Waals surface area contributed by atoms with Crippen LogP contribution in [0.3, 0.4) is 0 Å². The zero-order valence-corrected chi connectivity index (χ0v) is 16.1. The molecule has 2 amide bonds. The van der Waals surface area contributed by atoms with Crippen LogP contribution in [-0.2, 0) is 14.4 Å². The molecule has 2 aromatic carbocycles. The van der Waals surface area contributed by atoms with Gasteiger partial charge in [-0.2, -0.15) is 0 Å². The van der Waals surface area contributed by atoms with Gasteiger partial charge in [0.2, 0.25) is 11.8 Å². The summed E-state index contributed by atoms with van der Waals surface area (Å²) in [6, 6.07) is 11.2. The summed E-state index contributed by atoms with van der Waals surface area (Å²) < 4.78 is 10.5. The van der Waals surface area contributed by atoms with Crippen molar-refractivity contribution in [2.45, 2.75) is 24.8 Å². The van der Waals surface area contributed by atoms with Gasteiger partial charge in [0.15, 0.2) is 11.5 Å². The molecule has 3 N–H and O–H groups in total. The molecule has 0 saturated heterocycles. The van der Waals surface area contributed by atoms with Gasteiger partial charge in [-0.15, -0.1) is 0 Å². The van der Waals surface area contributed by atoms with E-state index in [1.54, 1.807) is 42.5 Å². The van der Waals surface area contributed by atoms with E-state index in [9.17, 15) is 19.5 Å². The molecular weight excluding hydrogens is 376 g/mol. The lowest BCUT2D eigenvalue weighted by Gasteiger charge is -2.27. The smallest absolute Gasteiger partial charge is 0.305 e. The number of hydrogen-bond acceptors (Lipinski definition) is 5. The van der Waals surface area contributed by atoms with Crippen molar-refractivity contribution >= 4 is 23.5 Å². The van der Waals surface area contributed by atoms with Crippen LogP contribution in [-0.4, -0.2) is 37.1 Å². The fourth-order valence-electron chi connectivity index (χ4n) is 3.41. The number of aliphatic carboxylic acids is 1. The number of ether oxygens (including phenoxy) is 2. The molecule has 0 bridgehead atoms. The molecule has 2 aromatic rings. The zero-order chi connectivity index (χ0) is 21.0. The van der Waals surface area contributed by atoms with Crippen LogP contribution in [0.4, 0.5) is 5.69 Å². The molecule has 0 aromatic heterocycles. The van der Waals surface area contributed by atoms with E-state index < -0.39 is 23.8 Å². The van der Waals surface area contributed by atoms with Gasteiger partial charge < -0.3 is 25.2 Å². The Morgan fingerprint density at radius 1 is 1.17 bits per heavy atom. The van der Waals surface area contributed by atoms with Crippen molar-refractivity contribution in [3.8, 4) is 11.5 Å². The van der Waals surface area contributed by atoms with Crippen LogP contribution < -0.4 is 20.1 Å². The van der Waals surface area contributed by atoms with Crippen molar-refractivity contribution in [2.24, 2.45) is 0 Å². The van der Waals surface area contributed by atoms with Gasteiger partial charge >= 0.3 is 5.97 Å². The van der Waals surface area contributed by atoms with Crippen LogP contribution in [0.5, 0.6) is 11.5 Å². The molecule has 29 heavy (non-hydrogen) atoms. The number of hydrogen-bond donors (Lipinski definition) is 3. The molecule has 0 aliphatic carbocycles. The minimum Gasteiger partial charge on any atom is -0.493 e. The van der Waals surface area contributed by atoms with E-state index in [-0.39, 0.29) is 18.7 Å². The molecule has 1 heterocycles. The van der Waals surface area contributed by atoms with E-state index in [2.05, 4.69) is 10.6 Å². The van der Waals surface area contributed by atoms with Crippen LogP contribution in [0.1, 0.15) is 35.9 Å². The van der Waals surface area contributed by atoms with E-state index in [1.807, 2.05) is 0 Å². The monoisotopic (exact) mass is 398 g/mol. The number of carboxylic acids is 1. The first-order valence-electron chi connectivity index (χ1n) is 9.05. The third-order valence-corrected chi connectivity index (χ3v) is 4.82. The van der Waals surface area contributed by atoms with Gasteiger partial charge in [0, 0.05) is 12.1 Å². The summed E-state index contributed by atoms with van der Waals surface area (Å²) in [5.74, 6) is -1.51. The summed E-state index contributed by atoms with van der Waals surface area (Å²) >= 11 is 0. The number of benzene rings is 2. The third kappa shape index (κ3) is 4.48. The Balaban J connectivity index is 1.89. The predicted octanol–water partition coefficient (Wildman–Crippen LogP) is 2.46. The Labute approximate surface area is 167 Å². The standard InChI is InChI=1S/C21H22N2O6/c1-28-17-8-7-12(9-18(17)29-2)16(11-20(25)26)23-21(27)14-10-19(24)22-15-6-4-3-5-13(14)15/h3-9,14,16H,10-11H2,1-2H3,(H,22,24)(H,23,27)(H,25,26)/t14-,16-/m0/s1. The Morgan fingerprint density at radius 2 is 1.90 bits per heavy atom. The summed E-state index contributed by atoms with van der Waals surface area (Å²) in [7, 11) is 2.98. The van der Waals surface area contributed by atoms with Gasteiger partial charge in [-0.05, 0) is 29.3 Å². The second kappa shape index (κ2) is 8.64. The van der Waals surface area contributed by atoms with Crippen LogP contribution >= 0.6 is 0 Å². The number of methoxy groups -OCH3 is 2. The molecule has 2 atom stereocenters. The average Bonchev–Trinajstić information content (AvgIpc) is 2.71. The Bertz CT molecular complexity index is 943. The molecular formula is C21H22N2O6. The van der Waals surface area contributed by atoms with E-state index >= 15 is 0 Å². The number of carbonyl (C=O) groups is 3. The lowest BCUT2D eigenvalue weighted by atomic mass is 9.89. The Kier molecular flexibility index (Phi) is 6.01. The molecule has 3 rings (SSSR count). The number of fused-ring (bicyclic) bond motifs is 1. The lowest BCUT2D eigenvalue weighted by molar-refractivity contribution is -0.138. The highest BCUT2D eigenvalue weighted by Crippen LogP contribution is 2.34. The maximum atomic E-state index is 13.0. The van der Waals surface area contributed by atoms with Crippen molar-refractivity contribution in [1.82, 2.24) is 5.32 Å². The molecule has 0 unspecified atom stereocenters. The minimum absolute atomic E-state index is 0.00539. The first-order chi connectivity index (χ1) is 13.9. The average molecular weight is 398 g/mol. The maximum Gasteiger partial charge on any atom is 0.305 e. The van der Waals surface area contributed by atoms with E-state index in [4.69, 9.17) is 9.47 Å². The molecule has 152 valence electrons. The zero-order valence-electron chi connectivity index (χ0n) is 16.1. The molecule has 1 aliphatic heterocycles. The van der Waals surface area contributed by atoms with Gasteiger partial charge in [0.25, 0.3) is 0 Å². The SMILES string of the molecule is COc1ccc([C@H](CC(=O)O)NC(=O)[C@H]2CC(=O)Nc3ccccc32)cc1OC. The van der Waals surface area contributed by atoms with Gasteiger partial charge in [0.1, 0.15) is 0 Å². The summed E-state index contributed by atoms with van der Waals surface area (Å²) in [6.45, 7) is 0. The number of carboxylic acid groups (broad SMARTS) is 1. The van der Waals surface area contributed by atoms with Crippen LogP contribution in [0, 0.1) is 0 Å². The highest BCUT2D eigenvalue weighted by atomic mass is 16.5. The first-order valence-corrected chi connectivity index (χ1v) is 9.05. The summed E-state index contributed by atoms with van der Waals surface area (Å²) in [5.41, 5.74) is 1.85. The molecule has 1 aliphatic rings. The number of para-hydroxylation sites is 1. The van der Waals surface area contributed by atoms with Gasteiger partial charge in [-0.25, -0.2) is 0 Å². The van der Waals surface area contributed by atoms with Crippen molar-refractivity contribution in [2.75, 3.05) is 19.5 Å². The Hall–Kier alpha value is -3.55. The molecule has 8 nitrogen and oxygen atoms in total. The van der Waals surface area contributed by atoms with Crippen LogP contribution in [0.25, 0.3) is 0 Å². The molecule has 0 spiro atoms. The fraction of sp³-hybridized carbons (Fsp3) is 0.286. The second-order valence-electron chi connectivity index (χ2n) is 6.67. The topological polar surface area (TPSA) is 114 Å². The van der Waals surface area contributed by atoms with Crippen molar-refractivity contribution in [3.63, 3.8) is 0 Å². The normalized spacial score (nSPS) is 16.2. The fourth-order valence-corrected chi connectivity index (χ4v) is 3.41. The quantitative estimate of drug-likeness (QED) is 0.660. The summed E-state index contributed by atoms with van der Waals surface area (Å²) in [4.78, 5) is 36.4. The van der Waals surface area contributed by atoms with Gasteiger partial charge in [-0.1, -0.05) is 24.3 Å². The van der Waals surface area contributed by atoms with Crippen molar-refractivity contribution in [1.29, 1.82) is 0 Å². The number of anilines is 1. The number of rotatable bonds is 7. The molecule has 0 fully saturated rings. The molecule has 0 saturated carbocycles. The maximum absolute atomic E-state index is 13.0. The van der Waals surface area contributed by atoms with Crippen LogP contribution in [0.2, 0.25) is 0 Å². The van der Waals surface area contributed by atoms with Crippen LogP contribution in [0.15, 0.2) is 42.5 Å². The third-order valence-electron chi connectivity index (χ3n) is 4.82. The molecule has 0 radical (unpaired) electrons. The van der Waals surface area contributed by atoms with E-state index in [1.165, 1.54) is 14.2 Å². The number of carbonyl (C=O) groups excluding carboxylic acids is 2. The van der Waals surface area contributed by atoms with E-state index in [0.717, 1.165) is 0 Å². The molecule has 8 heteroatoms. The largest absolute Gasteiger partial charge is 0.493 e. The van der Waals surface area contributed by atoms with Gasteiger partial charge in [-0.3, -0.25) is 14.4 Å². The summed E-state index contributed by atoms with van der Waals surface area (Å²) in [5, 5.41) is 14.9. The van der Waals surface area contributed by atoms with E-state index in [0.29, 0.717) is 28.3 Å². The van der Waals surface area contributed by atoms with Crippen molar-refractivity contribution < 1.29 is 29.0 Å². The van der Waals surface area contributed by atoms with Crippen molar-refractivity contribution in [3.05, 3.63) is 53.6 Å². The first kappa shape index (κ1) is 20.2.